The monoisotopic (exact) mass is 274 g/mol. The van der Waals surface area contributed by atoms with Crippen molar-refractivity contribution in [3.63, 3.8) is 0 Å². The standard InChI is InChI=1S/C10H15BrN2O2/c1-15-7-10(14)6-13-4-8-2-9(11)5-12-3-8/h2-3,5,10,13-14H,4,6-7H2,1H3. The van der Waals surface area contributed by atoms with E-state index in [4.69, 9.17) is 4.74 Å². The van der Waals surface area contributed by atoms with Gasteiger partial charge in [-0.25, -0.2) is 0 Å². The van der Waals surface area contributed by atoms with Crippen molar-refractivity contribution < 1.29 is 9.84 Å². The molecular weight excluding hydrogens is 260 g/mol. The Morgan fingerprint density at radius 2 is 2.40 bits per heavy atom. The second-order valence-corrected chi connectivity index (χ2v) is 4.17. The van der Waals surface area contributed by atoms with E-state index in [0.29, 0.717) is 19.7 Å². The number of halogens is 1. The minimum absolute atomic E-state index is 0.351. The maximum Gasteiger partial charge on any atom is 0.0897 e. The first kappa shape index (κ1) is 12.6. The van der Waals surface area contributed by atoms with Crippen LogP contribution in [-0.2, 0) is 11.3 Å². The van der Waals surface area contributed by atoms with E-state index >= 15 is 0 Å². The molecule has 15 heavy (non-hydrogen) atoms. The van der Waals surface area contributed by atoms with E-state index in [1.54, 1.807) is 19.5 Å². The van der Waals surface area contributed by atoms with E-state index in [9.17, 15) is 5.11 Å². The number of methoxy groups -OCH3 is 1. The summed E-state index contributed by atoms with van der Waals surface area (Å²) in [5.74, 6) is 0. The van der Waals surface area contributed by atoms with Crippen molar-refractivity contribution in [3.05, 3.63) is 28.5 Å². The lowest BCUT2D eigenvalue weighted by Gasteiger charge is -2.10. The number of hydrogen-bond acceptors (Lipinski definition) is 4. The summed E-state index contributed by atoms with van der Waals surface area (Å²) in [7, 11) is 1.57. The van der Waals surface area contributed by atoms with Crippen LogP contribution in [0.1, 0.15) is 5.56 Å². The highest BCUT2D eigenvalue weighted by Gasteiger charge is 2.02. The van der Waals surface area contributed by atoms with Gasteiger partial charge in [-0.2, -0.15) is 0 Å². The Balaban J connectivity index is 2.25. The average Bonchev–Trinajstić information content (AvgIpc) is 2.18. The topological polar surface area (TPSA) is 54.4 Å². The molecule has 1 unspecified atom stereocenters. The molecule has 0 aromatic carbocycles. The third-order valence-electron chi connectivity index (χ3n) is 1.83. The van der Waals surface area contributed by atoms with Crippen molar-refractivity contribution in [2.45, 2.75) is 12.6 Å². The summed E-state index contributed by atoms with van der Waals surface area (Å²) in [4.78, 5) is 4.04. The average molecular weight is 275 g/mol. The van der Waals surface area contributed by atoms with Crippen molar-refractivity contribution in [1.82, 2.24) is 10.3 Å². The molecule has 0 amide bonds. The Hall–Kier alpha value is -0.490. The minimum atomic E-state index is -0.463. The summed E-state index contributed by atoms with van der Waals surface area (Å²) in [6.07, 6.45) is 3.07. The Bertz CT molecular complexity index is 297. The molecule has 0 bridgehead atoms. The molecule has 0 spiro atoms. The van der Waals surface area contributed by atoms with E-state index in [-0.39, 0.29) is 0 Å². The first-order valence-electron chi connectivity index (χ1n) is 4.69. The van der Waals surface area contributed by atoms with Crippen LogP contribution in [-0.4, -0.2) is 36.5 Å². The van der Waals surface area contributed by atoms with Crippen LogP contribution in [0.2, 0.25) is 0 Å². The third-order valence-corrected chi connectivity index (χ3v) is 2.26. The van der Waals surface area contributed by atoms with E-state index < -0.39 is 6.10 Å². The number of ether oxygens (including phenoxy) is 1. The molecular formula is C10H15BrN2O2. The quantitative estimate of drug-likeness (QED) is 0.811. The number of nitrogens with zero attached hydrogens (tertiary/aromatic N) is 1. The lowest BCUT2D eigenvalue weighted by Crippen LogP contribution is -2.29. The van der Waals surface area contributed by atoms with Crippen LogP contribution in [0.3, 0.4) is 0 Å². The second kappa shape index (κ2) is 6.90. The molecule has 0 aliphatic heterocycles. The van der Waals surface area contributed by atoms with Gasteiger partial charge in [0.2, 0.25) is 0 Å². The van der Waals surface area contributed by atoms with Crippen LogP contribution in [0.25, 0.3) is 0 Å². The molecule has 0 saturated heterocycles. The zero-order valence-electron chi connectivity index (χ0n) is 8.61. The highest BCUT2D eigenvalue weighted by atomic mass is 79.9. The Labute approximate surface area is 97.8 Å². The van der Waals surface area contributed by atoms with E-state index in [1.165, 1.54) is 0 Å². The lowest BCUT2D eigenvalue weighted by molar-refractivity contribution is 0.0644. The Kier molecular flexibility index (Phi) is 5.78. The normalized spacial score (nSPS) is 12.7. The van der Waals surface area contributed by atoms with Gasteiger partial charge >= 0.3 is 0 Å². The number of aliphatic hydroxyl groups is 1. The van der Waals surface area contributed by atoms with E-state index in [2.05, 4.69) is 26.2 Å². The van der Waals surface area contributed by atoms with Gasteiger partial charge in [-0.15, -0.1) is 0 Å². The van der Waals surface area contributed by atoms with Crippen molar-refractivity contribution in [3.8, 4) is 0 Å². The highest BCUT2D eigenvalue weighted by Crippen LogP contribution is 2.08. The molecule has 1 aromatic heterocycles. The first-order chi connectivity index (χ1) is 7.22. The number of aliphatic hydroxyl groups excluding tert-OH is 1. The van der Waals surface area contributed by atoms with Gasteiger partial charge in [0, 0.05) is 37.1 Å². The van der Waals surface area contributed by atoms with Crippen LogP contribution >= 0.6 is 15.9 Å². The summed E-state index contributed by atoms with van der Waals surface area (Å²) in [6.45, 7) is 1.55. The molecule has 0 saturated carbocycles. The van der Waals surface area contributed by atoms with Gasteiger partial charge in [0.1, 0.15) is 0 Å². The van der Waals surface area contributed by atoms with Crippen molar-refractivity contribution in [1.29, 1.82) is 0 Å². The summed E-state index contributed by atoms with van der Waals surface area (Å²) in [6, 6.07) is 1.99. The molecule has 2 N–H and O–H groups in total. The maximum absolute atomic E-state index is 9.37. The molecule has 0 radical (unpaired) electrons. The van der Waals surface area contributed by atoms with Gasteiger partial charge in [0.05, 0.1) is 12.7 Å². The summed E-state index contributed by atoms with van der Waals surface area (Å²) in [5.41, 5.74) is 1.08. The molecule has 0 aliphatic rings. The van der Waals surface area contributed by atoms with Gasteiger partial charge < -0.3 is 15.2 Å². The Morgan fingerprint density at radius 1 is 1.60 bits per heavy atom. The Morgan fingerprint density at radius 3 is 3.07 bits per heavy atom. The summed E-state index contributed by atoms with van der Waals surface area (Å²) >= 11 is 3.35. The minimum Gasteiger partial charge on any atom is -0.389 e. The first-order valence-corrected chi connectivity index (χ1v) is 5.49. The number of aromatic nitrogens is 1. The molecule has 1 atom stereocenters. The van der Waals surface area contributed by atoms with Crippen molar-refractivity contribution >= 4 is 15.9 Å². The molecule has 1 aromatic rings. The molecule has 0 aliphatic carbocycles. The number of pyridine rings is 1. The van der Waals surface area contributed by atoms with Crippen LogP contribution in [0.15, 0.2) is 22.9 Å². The van der Waals surface area contributed by atoms with Crippen LogP contribution in [0, 0.1) is 0 Å². The number of hydrogen-bond donors (Lipinski definition) is 2. The van der Waals surface area contributed by atoms with Crippen molar-refractivity contribution in [2.24, 2.45) is 0 Å². The van der Waals surface area contributed by atoms with Gasteiger partial charge in [0.25, 0.3) is 0 Å². The highest BCUT2D eigenvalue weighted by molar-refractivity contribution is 9.10. The van der Waals surface area contributed by atoms with Crippen LogP contribution < -0.4 is 5.32 Å². The van der Waals surface area contributed by atoms with Gasteiger partial charge in [0.15, 0.2) is 0 Å². The van der Waals surface area contributed by atoms with Gasteiger partial charge in [-0.1, -0.05) is 0 Å². The summed E-state index contributed by atoms with van der Waals surface area (Å²) < 4.78 is 5.77. The fourth-order valence-electron chi connectivity index (χ4n) is 1.19. The predicted molar refractivity (Wildman–Crippen MR) is 61.5 cm³/mol. The fraction of sp³-hybridized carbons (Fsp3) is 0.500. The number of nitrogens with one attached hydrogen (secondary N) is 1. The zero-order valence-corrected chi connectivity index (χ0v) is 10.2. The van der Waals surface area contributed by atoms with Gasteiger partial charge in [-0.3, -0.25) is 4.98 Å². The fourth-order valence-corrected chi connectivity index (χ4v) is 1.60. The molecule has 4 nitrogen and oxygen atoms in total. The largest absolute Gasteiger partial charge is 0.389 e. The molecule has 1 heterocycles. The zero-order chi connectivity index (χ0) is 11.1. The van der Waals surface area contributed by atoms with Crippen LogP contribution in [0.5, 0.6) is 0 Å². The molecule has 5 heteroatoms. The maximum atomic E-state index is 9.37. The second-order valence-electron chi connectivity index (χ2n) is 3.25. The SMILES string of the molecule is COCC(O)CNCc1cncc(Br)c1. The van der Waals surface area contributed by atoms with E-state index in [0.717, 1.165) is 10.0 Å². The predicted octanol–water partition coefficient (Wildman–Crippen LogP) is 0.941. The molecule has 0 fully saturated rings. The summed E-state index contributed by atoms with van der Waals surface area (Å²) in [5, 5.41) is 12.5. The third kappa shape index (κ3) is 5.22. The number of rotatable bonds is 6. The molecule has 84 valence electrons. The molecule has 1 rings (SSSR count). The van der Waals surface area contributed by atoms with E-state index in [1.807, 2.05) is 6.07 Å². The lowest BCUT2D eigenvalue weighted by atomic mass is 10.3. The van der Waals surface area contributed by atoms with Crippen LogP contribution in [0.4, 0.5) is 0 Å². The van der Waals surface area contributed by atoms with Crippen molar-refractivity contribution in [2.75, 3.05) is 20.3 Å². The van der Waals surface area contributed by atoms with Gasteiger partial charge in [-0.05, 0) is 27.6 Å². The smallest absolute Gasteiger partial charge is 0.0897 e.